The highest BCUT2D eigenvalue weighted by molar-refractivity contribution is 6.39. The van der Waals surface area contributed by atoms with Crippen LogP contribution in [-0.4, -0.2) is 54.1 Å². The molecule has 3 rings (SSSR count). The molecule has 2 fully saturated rings. The topological polar surface area (TPSA) is 99.8 Å². The highest BCUT2D eigenvalue weighted by atomic mass is 16.6. The second-order valence-electron chi connectivity index (χ2n) is 9.95. The molecule has 2 heterocycles. The number of carbonyl (C=O) groups excluding carboxylic acids is 3. The number of ether oxygens (including phenoxy) is 1. The summed E-state index contributed by atoms with van der Waals surface area (Å²) in [4.78, 5) is 39.5. The molecular weight excluding hydrogens is 408 g/mol. The molecule has 8 heteroatoms. The van der Waals surface area contributed by atoms with Gasteiger partial charge in [0, 0.05) is 24.0 Å². The van der Waals surface area contributed by atoms with E-state index in [0.29, 0.717) is 29.8 Å². The molecule has 0 radical (unpaired) electrons. The molecule has 3 amide bonds. The van der Waals surface area contributed by atoms with Crippen molar-refractivity contribution in [1.29, 1.82) is 0 Å². The van der Waals surface area contributed by atoms with Gasteiger partial charge in [-0.25, -0.2) is 4.79 Å². The summed E-state index contributed by atoms with van der Waals surface area (Å²) in [6, 6.07) is 6.75. The number of nitrogens with zero attached hydrogens (tertiary/aromatic N) is 1. The first-order chi connectivity index (χ1) is 15.1. The van der Waals surface area contributed by atoms with Crippen LogP contribution in [0.15, 0.2) is 24.3 Å². The molecule has 176 valence electrons. The molecule has 3 N–H and O–H groups in total. The Morgan fingerprint density at radius 2 is 1.56 bits per heavy atom. The zero-order valence-electron chi connectivity index (χ0n) is 19.6. The van der Waals surface area contributed by atoms with E-state index in [-0.39, 0.29) is 6.04 Å². The lowest BCUT2D eigenvalue weighted by Crippen LogP contribution is -2.54. The fourth-order valence-electron chi connectivity index (χ4n) is 4.50. The Balaban J connectivity index is 1.60. The monoisotopic (exact) mass is 444 g/mol. The van der Waals surface area contributed by atoms with Gasteiger partial charge in [0.1, 0.15) is 5.60 Å². The van der Waals surface area contributed by atoms with Gasteiger partial charge in [0.25, 0.3) is 0 Å². The summed E-state index contributed by atoms with van der Waals surface area (Å²) in [6.45, 7) is 10.1. The Kier molecular flexibility index (Phi) is 7.77. The van der Waals surface area contributed by atoms with Gasteiger partial charge >= 0.3 is 17.9 Å². The van der Waals surface area contributed by atoms with Crippen LogP contribution in [0.4, 0.5) is 16.2 Å². The number of piperidine rings is 2. The van der Waals surface area contributed by atoms with Crippen LogP contribution in [0.2, 0.25) is 0 Å². The number of likely N-dealkylation sites (tertiary alicyclic amines) is 1. The van der Waals surface area contributed by atoms with Crippen molar-refractivity contribution in [2.24, 2.45) is 11.8 Å². The van der Waals surface area contributed by atoms with Gasteiger partial charge in [-0.05, 0) is 95.6 Å². The Bertz CT molecular complexity index is 812. The lowest BCUT2D eigenvalue weighted by Gasteiger charge is -2.43. The first kappa shape index (κ1) is 24.0. The molecular formula is C24H36N4O4. The summed E-state index contributed by atoms with van der Waals surface area (Å²) >= 11 is 0. The number of nitrogens with one attached hydrogen (secondary N) is 3. The zero-order valence-corrected chi connectivity index (χ0v) is 19.6. The Morgan fingerprint density at radius 1 is 0.969 bits per heavy atom. The molecule has 0 bridgehead atoms. The maximum atomic E-state index is 13.1. The summed E-state index contributed by atoms with van der Waals surface area (Å²) in [5.41, 5.74) is 0.456. The van der Waals surface area contributed by atoms with Crippen molar-refractivity contribution in [2.75, 3.05) is 30.3 Å². The number of amides is 3. The Hall–Kier alpha value is -2.61. The molecule has 8 nitrogen and oxygen atoms in total. The van der Waals surface area contributed by atoms with E-state index < -0.39 is 23.5 Å². The molecule has 2 aliphatic rings. The van der Waals surface area contributed by atoms with Crippen molar-refractivity contribution in [2.45, 2.75) is 65.0 Å². The molecule has 2 saturated heterocycles. The van der Waals surface area contributed by atoms with E-state index in [1.54, 1.807) is 49.9 Å². The number of hydrogen-bond acceptors (Lipinski definition) is 5. The van der Waals surface area contributed by atoms with Gasteiger partial charge in [-0.1, -0.05) is 6.92 Å². The van der Waals surface area contributed by atoms with Crippen molar-refractivity contribution in [3.63, 3.8) is 0 Å². The molecule has 0 spiro atoms. The number of carbonyl (C=O) groups is 3. The normalized spacial score (nSPS) is 22.2. The van der Waals surface area contributed by atoms with Crippen LogP contribution in [0.3, 0.4) is 0 Å². The predicted octanol–water partition coefficient (Wildman–Crippen LogP) is 3.60. The molecule has 1 aromatic rings. The molecule has 2 atom stereocenters. The van der Waals surface area contributed by atoms with Gasteiger partial charge < -0.3 is 20.3 Å². The van der Waals surface area contributed by atoms with E-state index >= 15 is 0 Å². The van der Waals surface area contributed by atoms with Crippen molar-refractivity contribution < 1.29 is 19.1 Å². The van der Waals surface area contributed by atoms with Crippen LogP contribution < -0.4 is 16.0 Å². The van der Waals surface area contributed by atoms with Gasteiger partial charge in [0.15, 0.2) is 0 Å². The van der Waals surface area contributed by atoms with Crippen molar-refractivity contribution in [1.82, 2.24) is 10.2 Å². The second kappa shape index (κ2) is 10.3. The second-order valence-corrected chi connectivity index (χ2v) is 9.95. The molecule has 32 heavy (non-hydrogen) atoms. The third-order valence-corrected chi connectivity index (χ3v) is 6.04. The minimum absolute atomic E-state index is 0.131. The average molecular weight is 445 g/mol. The van der Waals surface area contributed by atoms with Crippen LogP contribution in [0, 0.1) is 11.8 Å². The average Bonchev–Trinajstić information content (AvgIpc) is 2.73. The molecule has 2 aliphatic heterocycles. The third kappa shape index (κ3) is 6.69. The standard InChI is InChI=1S/C24H36N4O4/c1-16-5-10-20(17-11-13-25-14-12-17)28(15-16)22(30)21(29)26-18-6-8-19(9-7-18)27-23(31)32-24(2,3)4/h6-9,16-17,20,25H,5,10-15H2,1-4H3,(H,26,29)(H,27,31)/t16-,20+/m0/s1. The van der Waals surface area contributed by atoms with Crippen LogP contribution in [0.25, 0.3) is 0 Å². The summed E-state index contributed by atoms with van der Waals surface area (Å²) in [5.74, 6) is -0.247. The van der Waals surface area contributed by atoms with Gasteiger partial charge in [-0.2, -0.15) is 0 Å². The summed E-state index contributed by atoms with van der Waals surface area (Å²) < 4.78 is 5.23. The Labute approximate surface area is 190 Å². The maximum Gasteiger partial charge on any atom is 0.412 e. The fraction of sp³-hybridized carbons (Fsp3) is 0.625. The smallest absolute Gasteiger partial charge is 0.412 e. The number of benzene rings is 1. The first-order valence-corrected chi connectivity index (χ1v) is 11.5. The van der Waals surface area contributed by atoms with Crippen LogP contribution in [0.1, 0.15) is 53.4 Å². The predicted molar refractivity (Wildman–Crippen MR) is 124 cm³/mol. The van der Waals surface area contributed by atoms with Gasteiger partial charge in [-0.15, -0.1) is 0 Å². The molecule has 0 saturated carbocycles. The molecule has 0 aromatic heterocycles. The van der Waals surface area contributed by atoms with Crippen molar-refractivity contribution >= 4 is 29.3 Å². The van der Waals surface area contributed by atoms with Gasteiger partial charge in [-0.3, -0.25) is 14.9 Å². The SMILES string of the molecule is C[C@H]1CC[C@H](C2CCNCC2)N(C(=O)C(=O)Nc2ccc(NC(=O)OC(C)(C)C)cc2)C1. The van der Waals surface area contributed by atoms with E-state index in [2.05, 4.69) is 22.9 Å². The maximum absolute atomic E-state index is 13.1. The summed E-state index contributed by atoms with van der Waals surface area (Å²) in [5, 5.41) is 8.73. The molecule has 0 aliphatic carbocycles. The van der Waals surface area contributed by atoms with E-state index in [9.17, 15) is 14.4 Å². The minimum atomic E-state index is -0.620. The largest absolute Gasteiger partial charge is 0.444 e. The highest BCUT2D eigenvalue weighted by Gasteiger charge is 2.37. The van der Waals surface area contributed by atoms with E-state index in [0.717, 1.165) is 38.8 Å². The number of rotatable bonds is 3. The van der Waals surface area contributed by atoms with E-state index in [4.69, 9.17) is 4.74 Å². The minimum Gasteiger partial charge on any atom is -0.444 e. The third-order valence-electron chi connectivity index (χ3n) is 6.04. The van der Waals surface area contributed by atoms with Gasteiger partial charge in [0.2, 0.25) is 0 Å². The Morgan fingerprint density at radius 3 is 2.16 bits per heavy atom. The zero-order chi connectivity index (χ0) is 23.3. The van der Waals surface area contributed by atoms with Crippen molar-refractivity contribution in [3.05, 3.63) is 24.3 Å². The lowest BCUT2D eigenvalue weighted by molar-refractivity contribution is -0.147. The van der Waals surface area contributed by atoms with Crippen molar-refractivity contribution in [3.8, 4) is 0 Å². The van der Waals surface area contributed by atoms with E-state index in [1.165, 1.54) is 0 Å². The first-order valence-electron chi connectivity index (χ1n) is 11.5. The van der Waals surface area contributed by atoms with Crippen LogP contribution in [-0.2, 0) is 14.3 Å². The van der Waals surface area contributed by atoms with Crippen LogP contribution in [0.5, 0.6) is 0 Å². The summed E-state index contributed by atoms with van der Waals surface area (Å²) in [7, 11) is 0. The summed E-state index contributed by atoms with van der Waals surface area (Å²) in [6.07, 6.45) is 3.57. The van der Waals surface area contributed by atoms with E-state index in [1.807, 2.05) is 0 Å². The fourth-order valence-corrected chi connectivity index (χ4v) is 4.50. The molecule has 0 unspecified atom stereocenters. The quantitative estimate of drug-likeness (QED) is 0.619. The lowest BCUT2D eigenvalue weighted by atomic mass is 9.82. The highest BCUT2D eigenvalue weighted by Crippen LogP contribution is 2.31. The van der Waals surface area contributed by atoms with Gasteiger partial charge in [0.05, 0.1) is 0 Å². The number of anilines is 2. The van der Waals surface area contributed by atoms with Crippen LogP contribution >= 0.6 is 0 Å². The number of hydrogen-bond donors (Lipinski definition) is 3. The molecule has 1 aromatic carbocycles.